The van der Waals surface area contributed by atoms with Gasteiger partial charge in [-0.05, 0) is 59.2 Å². The van der Waals surface area contributed by atoms with Crippen molar-refractivity contribution in [1.82, 2.24) is 10.2 Å². The molecule has 0 bridgehead atoms. The maximum atomic E-state index is 12.9. The van der Waals surface area contributed by atoms with Crippen LogP contribution in [0.5, 0.6) is 11.5 Å². The van der Waals surface area contributed by atoms with Gasteiger partial charge >= 0.3 is 6.03 Å². The van der Waals surface area contributed by atoms with Gasteiger partial charge in [0.25, 0.3) is 5.91 Å². The van der Waals surface area contributed by atoms with E-state index in [2.05, 4.69) is 21.2 Å². The number of carbonyl (C=O) groups excluding carboxylic acids is 2. The third kappa shape index (κ3) is 5.93. The summed E-state index contributed by atoms with van der Waals surface area (Å²) < 4.78 is 12.0. The van der Waals surface area contributed by atoms with Crippen LogP contribution in [0.15, 0.2) is 64.8 Å². The number of halogens is 4. The number of nitrogens with zero attached hydrogens (tertiary/aromatic N) is 1. The molecule has 0 unspecified atom stereocenters. The molecule has 0 spiro atoms. The molecule has 180 valence electrons. The van der Waals surface area contributed by atoms with E-state index in [4.69, 9.17) is 44.3 Å². The summed E-state index contributed by atoms with van der Waals surface area (Å²) in [4.78, 5) is 26.5. The molecule has 0 aromatic heterocycles. The molecule has 3 amide bonds. The third-order valence-corrected chi connectivity index (χ3v) is 6.86. The fourth-order valence-electron chi connectivity index (χ4n) is 3.37. The first-order chi connectivity index (χ1) is 16.7. The van der Waals surface area contributed by atoms with E-state index in [1.807, 2.05) is 6.07 Å². The highest BCUT2D eigenvalue weighted by Gasteiger charge is 2.33. The van der Waals surface area contributed by atoms with Gasteiger partial charge in [-0.2, -0.15) is 0 Å². The van der Waals surface area contributed by atoms with Crippen LogP contribution in [0.25, 0.3) is 6.08 Å². The van der Waals surface area contributed by atoms with E-state index < -0.39 is 11.9 Å². The Morgan fingerprint density at radius 1 is 0.943 bits per heavy atom. The lowest BCUT2D eigenvalue weighted by Gasteiger charge is -2.13. The topological polar surface area (TPSA) is 67.9 Å². The number of carbonyl (C=O) groups is 2. The van der Waals surface area contributed by atoms with Crippen LogP contribution >= 0.6 is 50.7 Å². The molecule has 0 atom stereocenters. The molecule has 3 aromatic carbocycles. The molecule has 1 saturated heterocycles. The van der Waals surface area contributed by atoms with Gasteiger partial charge in [0.15, 0.2) is 11.5 Å². The lowest BCUT2D eigenvalue weighted by molar-refractivity contribution is -0.123. The highest BCUT2D eigenvalue weighted by molar-refractivity contribution is 9.10. The van der Waals surface area contributed by atoms with E-state index >= 15 is 0 Å². The highest BCUT2D eigenvalue weighted by Crippen LogP contribution is 2.36. The number of methoxy groups -OCH3 is 1. The zero-order chi connectivity index (χ0) is 25.1. The summed E-state index contributed by atoms with van der Waals surface area (Å²) in [5.41, 5.74) is 2.39. The average Bonchev–Trinajstić information content (AvgIpc) is 3.09. The number of ether oxygens (including phenoxy) is 2. The van der Waals surface area contributed by atoms with Crippen molar-refractivity contribution in [2.75, 3.05) is 7.11 Å². The Morgan fingerprint density at radius 3 is 2.34 bits per heavy atom. The molecule has 35 heavy (non-hydrogen) atoms. The van der Waals surface area contributed by atoms with E-state index in [1.54, 1.807) is 54.6 Å². The number of nitrogens with one attached hydrogen (secondary N) is 1. The van der Waals surface area contributed by atoms with Crippen LogP contribution in [0, 0.1) is 0 Å². The molecule has 0 saturated carbocycles. The number of hydrogen-bond donors (Lipinski definition) is 1. The second kappa shape index (κ2) is 10.9. The van der Waals surface area contributed by atoms with Crippen LogP contribution in [0.1, 0.15) is 16.7 Å². The van der Waals surface area contributed by atoms with E-state index in [0.29, 0.717) is 36.6 Å². The molecule has 1 N–H and O–H groups in total. The van der Waals surface area contributed by atoms with E-state index in [1.165, 1.54) is 7.11 Å². The number of imide groups is 1. The molecule has 1 aliphatic heterocycles. The second-order valence-electron chi connectivity index (χ2n) is 7.57. The van der Waals surface area contributed by atoms with Gasteiger partial charge in [-0.1, -0.05) is 68.9 Å². The van der Waals surface area contributed by atoms with E-state index in [0.717, 1.165) is 16.0 Å². The molecule has 1 heterocycles. The second-order valence-corrected chi connectivity index (χ2v) is 9.67. The Balaban J connectivity index is 1.52. The molecule has 6 nitrogen and oxygen atoms in total. The van der Waals surface area contributed by atoms with Crippen molar-refractivity contribution in [3.63, 3.8) is 0 Å². The third-order valence-electron chi connectivity index (χ3n) is 5.18. The predicted molar refractivity (Wildman–Crippen MR) is 140 cm³/mol. The maximum Gasteiger partial charge on any atom is 0.329 e. The van der Waals surface area contributed by atoms with Gasteiger partial charge in [-0.15, -0.1) is 0 Å². The van der Waals surface area contributed by atoms with Crippen molar-refractivity contribution in [2.45, 2.75) is 13.2 Å². The molecular weight excluding hydrogens is 579 g/mol. The largest absolute Gasteiger partial charge is 0.493 e. The number of benzene rings is 3. The molecule has 0 radical (unpaired) electrons. The standard InChI is InChI=1S/C25H18BrCl3N2O4/c1-34-22-10-16(18(26)11-23(22)35-13-15-4-7-19(28)20(29)8-15)9-21-24(32)31(25(33)30-21)12-14-2-5-17(27)6-3-14/h2-11H,12-13H2,1H3,(H,30,33)/b21-9-. The fourth-order valence-corrected chi connectivity index (χ4v) is 4.25. The first-order valence-corrected chi connectivity index (χ1v) is 12.2. The molecule has 1 fully saturated rings. The number of rotatable bonds is 7. The Kier molecular flexibility index (Phi) is 7.91. The Bertz CT molecular complexity index is 1330. The van der Waals surface area contributed by atoms with Crippen molar-refractivity contribution in [1.29, 1.82) is 0 Å². The van der Waals surface area contributed by atoms with Crippen LogP contribution in [-0.4, -0.2) is 23.9 Å². The zero-order valence-electron chi connectivity index (χ0n) is 18.3. The van der Waals surface area contributed by atoms with Gasteiger partial charge in [0.1, 0.15) is 12.3 Å². The van der Waals surface area contributed by atoms with Crippen molar-refractivity contribution in [3.05, 3.63) is 96.5 Å². The van der Waals surface area contributed by atoms with Crippen LogP contribution in [-0.2, 0) is 17.9 Å². The van der Waals surface area contributed by atoms with Crippen molar-refractivity contribution in [2.24, 2.45) is 0 Å². The first-order valence-electron chi connectivity index (χ1n) is 10.3. The summed E-state index contributed by atoms with van der Waals surface area (Å²) in [7, 11) is 1.52. The maximum absolute atomic E-state index is 12.9. The monoisotopic (exact) mass is 594 g/mol. The molecule has 10 heteroatoms. The number of hydrogen-bond acceptors (Lipinski definition) is 4. The van der Waals surface area contributed by atoms with Gasteiger partial charge in [0, 0.05) is 9.50 Å². The Morgan fingerprint density at radius 2 is 1.66 bits per heavy atom. The van der Waals surface area contributed by atoms with Crippen LogP contribution in [0.2, 0.25) is 15.1 Å². The van der Waals surface area contributed by atoms with Crippen molar-refractivity contribution >= 4 is 68.7 Å². The molecule has 4 rings (SSSR count). The van der Waals surface area contributed by atoms with Gasteiger partial charge in [0.2, 0.25) is 0 Å². The minimum absolute atomic E-state index is 0.130. The van der Waals surface area contributed by atoms with Gasteiger partial charge < -0.3 is 14.8 Å². The Hall–Kier alpha value is -2.71. The molecular formula is C25H18BrCl3N2O4. The van der Waals surface area contributed by atoms with Gasteiger partial charge in [-0.25, -0.2) is 4.79 Å². The van der Waals surface area contributed by atoms with Crippen molar-refractivity contribution in [3.8, 4) is 11.5 Å². The highest BCUT2D eigenvalue weighted by atomic mass is 79.9. The van der Waals surface area contributed by atoms with Crippen molar-refractivity contribution < 1.29 is 19.1 Å². The minimum atomic E-state index is -0.499. The number of amides is 3. The van der Waals surface area contributed by atoms with Gasteiger partial charge in [0.05, 0.1) is 23.7 Å². The molecule has 0 aliphatic carbocycles. The Labute approximate surface area is 225 Å². The average molecular weight is 597 g/mol. The summed E-state index contributed by atoms with van der Waals surface area (Å²) in [5, 5.41) is 4.11. The normalized spacial score (nSPS) is 14.4. The van der Waals surface area contributed by atoms with Crippen LogP contribution < -0.4 is 14.8 Å². The summed E-state index contributed by atoms with van der Waals surface area (Å²) >= 11 is 21.5. The first kappa shape index (κ1) is 25.4. The van der Waals surface area contributed by atoms with Crippen LogP contribution in [0.4, 0.5) is 4.79 Å². The zero-order valence-corrected chi connectivity index (χ0v) is 22.1. The van der Waals surface area contributed by atoms with E-state index in [9.17, 15) is 9.59 Å². The minimum Gasteiger partial charge on any atom is -0.493 e. The summed E-state index contributed by atoms with van der Waals surface area (Å²) in [6.07, 6.45) is 1.58. The molecule has 1 aliphatic rings. The quantitative estimate of drug-likeness (QED) is 0.234. The molecule has 3 aromatic rings. The summed E-state index contributed by atoms with van der Waals surface area (Å²) in [6.45, 7) is 0.374. The lowest BCUT2D eigenvalue weighted by Crippen LogP contribution is -2.30. The summed E-state index contributed by atoms with van der Waals surface area (Å²) in [5.74, 6) is 0.504. The van der Waals surface area contributed by atoms with Crippen LogP contribution in [0.3, 0.4) is 0 Å². The lowest BCUT2D eigenvalue weighted by atomic mass is 10.1. The summed E-state index contributed by atoms with van der Waals surface area (Å²) in [6, 6.07) is 15.1. The SMILES string of the molecule is COc1cc(/C=C2\NC(=O)N(Cc3ccc(Cl)cc3)C2=O)c(Br)cc1OCc1ccc(Cl)c(Cl)c1. The predicted octanol–water partition coefficient (Wildman–Crippen LogP) is 7.09. The smallest absolute Gasteiger partial charge is 0.329 e. The van der Waals surface area contributed by atoms with E-state index in [-0.39, 0.29) is 18.8 Å². The number of urea groups is 1. The fraction of sp³-hybridized carbons (Fsp3) is 0.120. The van der Waals surface area contributed by atoms with Gasteiger partial charge in [-0.3, -0.25) is 9.69 Å².